The molecule has 98 valence electrons. The fourth-order valence-corrected chi connectivity index (χ4v) is 1.95. The predicted octanol–water partition coefficient (Wildman–Crippen LogP) is 1.69. The number of nitrogens with one attached hydrogen (secondary N) is 1. The summed E-state index contributed by atoms with van der Waals surface area (Å²) in [5.74, 6) is 0.633. The first kappa shape index (κ1) is 11.7. The van der Waals surface area contributed by atoms with Gasteiger partial charge in [-0.05, 0) is 31.5 Å². The number of pyridine rings is 1. The van der Waals surface area contributed by atoms with Gasteiger partial charge in [0.1, 0.15) is 0 Å². The fraction of sp³-hybridized carbons (Fsp3) is 0.308. The zero-order valence-corrected chi connectivity index (χ0v) is 11.3. The number of fused-ring (bicyclic) bond motifs is 1. The molecular weight excluding hydrogens is 240 g/mol. The van der Waals surface area contributed by atoms with Gasteiger partial charge in [-0.1, -0.05) is 0 Å². The topological polar surface area (TPSA) is 60.0 Å². The Morgan fingerprint density at radius 1 is 1.32 bits per heavy atom. The van der Waals surface area contributed by atoms with Crippen LogP contribution in [0.4, 0.5) is 5.95 Å². The van der Waals surface area contributed by atoms with E-state index in [4.69, 9.17) is 0 Å². The highest BCUT2D eigenvalue weighted by Gasteiger charge is 2.06. The molecule has 0 saturated carbocycles. The minimum Gasteiger partial charge on any atom is -0.349 e. The summed E-state index contributed by atoms with van der Waals surface area (Å²) >= 11 is 0. The number of aryl methyl sites for hydroxylation is 2. The minimum atomic E-state index is 0.633. The Morgan fingerprint density at radius 2 is 2.16 bits per heavy atom. The lowest BCUT2D eigenvalue weighted by atomic mass is 10.2. The maximum Gasteiger partial charge on any atom is 0.243 e. The molecule has 0 aliphatic heterocycles. The van der Waals surface area contributed by atoms with Crippen molar-refractivity contribution >= 4 is 11.6 Å². The van der Waals surface area contributed by atoms with Crippen molar-refractivity contribution in [2.24, 2.45) is 7.05 Å². The number of hydrogen-bond donors (Lipinski definition) is 1. The molecule has 19 heavy (non-hydrogen) atoms. The number of anilines is 1. The van der Waals surface area contributed by atoms with Crippen molar-refractivity contribution in [3.05, 3.63) is 41.3 Å². The molecule has 0 unspecified atom stereocenters. The number of hydrogen-bond acceptors (Lipinski definition) is 4. The van der Waals surface area contributed by atoms with E-state index in [1.54, 1.807) is 4.52 Å². The Hall–Kier alpha value is -2.37. The summed E-state index contributed by atoms with van der Waals surface area (Å²) < 4.78 is 3.63. The Labute approximate surface area is 111 Å². The van der Waals surface area contributed by atoms with Crippen molar-refractivity contribution < 1.29 is 0 Å². The SMILES string of the molecule is Cc1ccn2nc(NCc3cnn(C)c3C)nc2c1. The summed E-state index contributed by atoms with van der Waals surface area (Å²) in [7, 11) is 1.94. The third-order valence-corrected chi connectivity index (χ3v) is 3.27. The number of aromatic nitrogens is 5. The molecule has 6 nitrogen and oxygen atoms in total. The quantitative estimate of drug-likeness (QED) is 0.774. The third-order valence-electron chi connectivity index (χ3n) is 3.27. The van der Waals surface area contributed by atoms with E-state index in [1.807, 2.05) is 50.1 Å². The maximum atomic E-state index is 4.44. The van der Waals surface area contributed by atoms with Gasteiger partial charge in [-0.3, -0.25) is 4.68 Å². The van der Waals surface area contributed by atoms with Crippen molar-refractivity contribution in [1.82, 2.24) is 24.4 Å². The highest BCUT2D eigenvalue weighted by molar-refractivity contribution is 5.45. The molecule has 0 aliphatic carbocycles. The summed E-state index contributed by atoms with van der Waals surface area (Å²) in [5.41, 5.74) is 4.32. The zero-order chi connectivity index (χ0) is 13.4. The van der Waals surface area contributed by atoms with Crippen LogP contribution in [0.1, 0.15) is 16.8 Å². The lowest BCUT2D eigenvalue weighted by molar-refractivity contribution is 0.738. The van der Waals surface area contributed by atoms with Gasteiger partial charge in [0.05, 0.1) is 6.20 Å². The van der Waals surface area contributed by atoms with Gasteiger partial charge in [0.25, 0.3) is 0 Å². The highest BCUT2D eigenvalue weighted by atomic mass is 15.3. The van der Waals surface area contributed by atoms with Crippen LogP contribution < -0.4 is 5.32 Å². The van der Waals surface area contributed by atoms with Crippen LogP contribution in [0.5, 0.6) is 0 Å². The van der Waals surface area contributed by atoms with E-state index < -0.39 is 0 Å². The van der Waals surface area contributed by atoms with Crippen molar-refractivity contribution in [2.75, 3.05) is 5.32 Å². The second kappa shape index (κ2) is 4.38. The Morgan fingerprint density at radius 3 is 2.89 bits per heavy atom. The molecule has 0 amide bonds. The van der Waals surface area contributed by atoms with E-state index in [0.717, 1.165) is 16.9 Å². The van der Waals surface area contributed by atoms with Crippen LogP contribution in [0.3, 0.4) is 0 Å². The molecule has 3 aromatic heterocycles. The minimum absolute atomic E-state index is 0.633. The maximum absolute atomic E-state index is 4.44. The predicted molar refractivity (Wildman–Crippen MR) is 73.0 cm³/mol. The molecule has 0 spiro atoms. The van der Waals surface area contributed by atoms with E-state index in [-0.39, 0.29) is 0 Å². The van der Waals surface area contributed by atoms with Gasteiger partial charge in [-0.15, -0.1) is 5.10 Å². The smallest absolute Gasteiger partial charge is 0.243 e. The zero-order valence-electron chi connectivity index (χ0n) is 11.3. The lowest BCUT2D eigenvalue weighted by Gasteiger charge is -2.00. The average Bonchev–Trinajstić information content (AvgIpc) is 2.92. The largest absolute Gasteiger partial charge is 0.349 e. The first-order valence-electron chi connectivity index (χ1n) is 6.18. The fourth-order valence-electron chi connectivity index (χ4n) is 1.95. The Kier molecular flexibility index (Phi) is 2.70. The van der Waals surface area contributed by atoms with E-state index in [9.17, 15) is 0 Å². The van der Waals surface area contributed by atoms with Gasteiger partial charge in [-0.2, -0.15) is 10.1 Å². The standard InChI is InChI=1S/C13H16N6/c1-9-4-5-19-12(6-9)16-13(17-19)14-7-11-8-15-18(3)10(11)2/h4-6,8H,7H2,1-3H3,(H,14,17). The molecule has 3 aromatic rings. The van der Waals surface area contributed by atoms with Crippen LogP contribution >= 0.6 is 0 Å². The summed E-state index contributed by atoms with van der Waals surface area (Å²) in [6.07, 6.45) is 3.78. The summed E-state index contributed by atoms with van der Waals surface area (Å²) in [6, 6.07) is 4.02. The van der Waals surface area contributed by atoms with Crippen molar-refractivity contribution in [3.8, 4) is 0 Å². The molecule has 3 heterocycles. The third kappa shape index (κ3) is 2.16. The van der Waals surface area contributed by atoms with Crippen LogP contribution in [0.25, 0.3) is 5.65 Å². The average molecular weight is 256 g/mol. The van der Waals surface area contributed by atoms with Crippen LogP contribution in [-0.4, -0.2) is 24.4 Å². The normalized spacial score (nSPS) is 11.1. The van der Waals surface area contributed by atoms with Gasteiger partial charge in [0.2, 0.25) is 5.95 Å². The van der Waals surface area contributed by atoms with Crippen molar-refractivity contribution in [1.29, 1.82) is 0 Å². The molecule has 0 fully saturated rings. The van der Waals surface area contributed by atoms with Crippen LogP contribution in [0, 0.1) is 13.8 Å². The molecule has 6 heteroatoms. The molecule has 0 atom stereocenters. The molecule has 0 aliphatic rings. The monoisotopic (exact) mass is 256 g/mol. The summed E-state index contributed by atoms with van der Waals surface area (Å²) in [5, 5.41) is 11.8. The second-order valence-corrected chi connectivity index (χ2v) is 4.67. The van der Waals surface area contributed by atoms with Gasteiger partial charge in [0, 0.05) is 31.0 Å². The van der Waals surface area contributed by atoms with E-state index in [2.05, 4.69) is 20.5 Å². The van der Waals surface area contributed by atoms with E-state index >= 15 is 0 Å². The molecule has 0 aromatic carbocycles. The second-order valence-electron chi connectivity index (χ2n) is 4.67. The molecule has 3 rings (SSSR count). The Balaban J connectivity index is 1.80. The number of rotatable bonds is 3. The lowest BCUT2D eigenvalue weighted by Crippen LogP contribution is -2.02. The van der Waals surface area contributed by atoms with E-state index in [0.29, 0.717) is 12.5 Å². The van der Waals surface area contributed by atoms with Crippen molar-refractivity contribution in [2.45, 2.75) is 20.4 Å². The Bertz CT molecular complexity index is 724. The first-order valence-corrected chi connectivity index (χ1v) is 6.18. The van der Waals surface area contributed by atoms with Gasteiger partial charge < -0.3 is 5.32 Å². The number of nitrogens with zero attached hydrogens (tertiary/aromatic N) is 5. The van der Waals surface area contributed by atoms with Crippen LogP contribution in [0.2, 0.25) is 0 Å². The summed E-state index contributed by atoms with van der Waals surface area (Å²) in [6.45, 7) is 4.76. The first-order chi connectivity index (χ1) is 9.13. The van der Waals surface area contributed by atoms with Gasteiger partial charge >= 0.3 is 0 Å². The van der Waals surface area contributed by atoms with Gasteiger partial charge in [-0.25, -0.2) is 4.52 Å². The molecule has 0 radical (unpaired) electrons. The van der Waals surface area contributed by atoms with E-state index in [1.165, 1.54) is 5.56 Å². The molecule has 0 saturated heterocycles. The summed E-state index contributed by atoms with van der Waals surface area (Å²) in [4.78, 5) is 4.44. The molecule has 0 bridgehead atoms. The van der Waals surface area contributed by atoms with Crippen LogP contribution in [0.15, 0.2) is 24.5 Å². The molecule has 1 N–H and O–H groups in total. The van der Waals surface area contributed by atoms with Crippen LogP contribution in [-0.2, 0) is 13.6 Å². The molecular formula is C13H16N6. The highest BCUT2D eigenvalue weighted by Crippen LogP contribution is 2.10. The van der Waals surface area contributed by atoms with Gasteiger partial charge in [0.15, 0.2) is 5.65 Å². The van der Waals surface area contributed by atoms with Crippen molar-refractivity contribution in [3.63, 3.8) is 0 Å².